The Morgan fingerprint density at radius 2 is 1.81 bits per heavy atom. The molecule has 0 saturated carbocycles. The molecule has 0 bridgehead atoms. The summed E-state index contributed by atoms with van der Waals surface area (Å²) in [6, 6.07) is 21.3. The summed E-state index contributed by atoms with van der Waals surface area (Å²) < 4.78 is 1.87. The molecule has 8 heteroatoms. The van der Waals surface area contributed by atoms with Crippen molar-refractivity contribution < 1.29 is 4.79 Å². The minimum atomic E-state index is -0.169. The van der Waals surface area contributed by atoms with E-state index in [9.17, 15) is 4.79 Å². The number of carbonyl (C=O) groups is 1. The first-order valence-electron chi connectivity index (χ1n) is 11.9. The second-order valence-corrected chi connectivity index (χ2v) is 10.3. The van der Waals surface area contributed by atoms with Crippen LogP contribution in [0.5, 0.6) is 0 Å². The Bertz CT molecular complexity index is 1340. The second-order valence-electron chi connectivity index (χ2n) is 8.53. The van der Waals surface area contributed by atoms with Crippen LogP contribution in [0.1, 0.15) is 52.6 Å². The van der Waals surface area contributed by atoms with Gasteiger partial charge in [-0.15, -0.1) is 10.2 Å². The maximum Gasteiger partial charge on any atom is 0.251 e. The number of aryl methyl sites for hydroxylation is 2. The lowest BCUT2D eigenvalue weighted by Gasteiger charge is -2.13. The lowest BCUT2D eigenvalue weighted by atomic mass is 10.1. The number of aromatic nitrogens is 3. The monoisotopic (exact) mass is 538 g/mol. The molecule has 0 spiro atoms. The Hall–Kier alpha value is -2.80. The Labute approximate surface area is 226 Å². The Morgan fingerprint density at radius 1 is 1.03 bits per heavy atom. The number of hydrogen-bond acceptors (Lipinski definition) is 4. The molecule has 186 valence electrons. The highest BCUT2D eigenvalue weighted by Gasteiger charge is 2.18. The number of halogens is 2. The number of rotatable bonds is 10. The Balaban J connectivity index is 1.55. The van der Waals surface area contributed by atoms with Gasteiger partial charge in [0.05, 0.1) is 17.3 Å². The van der Waals surface area contributed by atoms with Crippen LogP contribution in [0.2, 0.25) is 10.0 Å². The van der Waals surface area contributed by atoms with Crippen LogP contribution >= 0.6 is 35.0 Å². The lowest BCUT2D eigenvalue weighted by Crippen LogP contribution is -2.24. The molecule has 4 aromatic rings. The van der Waals surface area contributed by atoms with Crippen molar-refractivity contribution in [1.82, 2.24) is 20.1 Å². The van der Waals surface area contributed by atoms with Gasteiger partial charge in [-0.2, -0.15) is 0 Å². The molecule has 5 nitrogen and oxygen atoms in total. The normalized spacial score (nSPS) is 11.0. The number of thioether (sulfide) groups is 1. The van der Waals surface area contributed by atoms with E-state index in [1.165, 1.54) is 16.7 Å². The van der Waals surface area contributed by atoms with Gasteiger partial charge in [-0.3, -0.25) is 9.36 Å². The predicted molar refractivity (Wildman–Crippen MR) is 148 cm³/mol. The Morgan fingerprint density at radius 3 is 2.56 bits per heavy atom. The molecule has 4 rings (SSSR count). The molecule has 1 aromatic heterocycles. The molecule has 0 aliphatic rings. The number of nitrogens with zero attached hydrogens (tertiary/aromatic N) is 3. The third-order valence-corrected chi connectivity index (χ3v) is 7.44. The van der Waals surface area contributed by atoms with E-state index in [0.717, 1.165) is 25.0 Å². The summed E-state index contributed by atoms with van der Waals surface area (Å²) in [6.07, 6.45) is 3.30. The summed E-state index contributed by atoms with van der Waals surface area (Å²) in [5.74, 6) is 1.12. The zero-order chi connectivity index (χ0) is 25.5. The van der Waals surface area contributed by atoms with Gasteiger partial charge in [-0.05, 0) is 66.8 Å². The maximum atomic E-state index is 12.8. The molecule has 0 unspecified atom stereocenters. The van der Waals surface area contributed by atoms with Crippen molar-refractivity contribution in [1.29, 1.82) is 0 Å². The Kier molecular flexibility index (Phi) is 9.08. The summed E-state index contributed by atoms with van der Waals surface area (Å²) >= 11 is 14.4. The fraction of sp³-hybridized carbons (Fsp3) is 0.250. The average Bonchev–Trinajstić information content (AvgIpc) is 3.29. The number of carbonyl (C=O) groups excluding carboxylic acids is 1. The van der Waals surface area contributed by atoms with Crippen molar-refractivity contribution in [2.45, 2.75) is 50.6 Å². The fourth-order valence-electron chi connectivity index (χ4n) is 3.79. The fourth-order valence-corrected chi connectivity index (χ4v) is 5.20. The first-order valence-corrected chi connectivity index (χ1v) is 13.6. The molecule has 0 saturated heterocycles. The third kappa shape index (κ3) is 6.49. The van der Waals surface area contributed by atoms with Crippen LogP contribution in [-0.2, 0) is 18.7 Å². The number of nitrogens with one attached hydrogen (secondary N) is 1. The zero-order valence-corrected chi connectivity index (χ0v) is 22.6. The molecule has 0 radical (unpaired) electrons. The molecule has 3 aromatic carbocycles. The second kappa shape index (κ2) is 12.4. The van der Waals surface area contributed by atoms with Crippen LogP contribution in [0.25, 0.3) is 5.69 Å². The van der Waals surface area contributed by atoms with Crippen LogP contribution in [0.15, 0.2) is 71.9 Å². The summed E-state index contributed by atoms with van der Waals surface area (Å²) in [5, 5.41) is 13.5. The van der Waals surface area contributed by atoms with E-state index in [1.54, 1.807) is 30.0 Å². The van der Waals surface area contributed by atoms with Crippen LogP contribution in [-0.4, -0.2) is 20.7 Å². The van der Waals surface area contributed by atoms with Crippen LogP contribution in [0, 0.1) is 6.92 Å². The number of benzene rings is 3. The molecular formula is C28H28Cl2N4OS. The standard InChI is InChI=1S/C28H28Cl2N4OS/c1-3-4-8-20-10-12-21(13-11-20)27(35)31-17-26-32-33-28(36-18-22-9-6-5-7-19(22)2)34(26)25-16-23(29)14-15-24(25)30/h5-7,9-16H,3-4,8,17-18H2,1-2H3,(H,31,35). The number of amides is 1. The van der Waals surface area contributed by atoms with Gasteiger partial charge < -0.3 is 5.32 Å². The van der Waals surface area contributed by atoms with Crippen molar-refractivity contribution in [2.24, 2.45) is 0 Å². The third-order valence-electron chi connectivity index (χ3n) is 5.91. The highest BCUT2D eigenvalue weighted by Crippen LogP contribution is 2.31. The molecule has 0 aliphatic heterocycles. The number of hydrogen-bond donors (Lipinski definition) is 1. The maximum absolute atomic E-state index is 12.8. The summed E-state index contributed by atoms with van der Waals surface area (Å²) in [6.45, 7) is 4.45. The summed E-state index contributed by atoms with van der Waals surface area (Å²) in [5.41, 5.74) is 4.94. The molecule has 1 amide bonds. The van der Waals surface area contributed by atoms with Crippen molar-refractivity contribution in [3.8, 4) is 5.69 Å². The highest BCUT2D eigenvalue weighted by atomic mass is 35.5. The van der Waals surface area contributed by atoms with Crippen LogP contribution < -0.4 is 5.32 Å². The van der Waals surface area contributed by atoms with Crippen molar-refractivity contribution >= 4 is 40.9 Å². The molecular weight excluding hydrogens is 511 g/mol. The first-order chi connectivity index (χ1) is 17.5. The highest BCUT2D eigenvalue weighted by molar-refractivity contribution is 7.98. The zero-order valence-electron chi connectivity index (χ0n) is 20.3. The van der Waals surface area contributed by atoms with Gasteiger partial charge in [0.25, 0.3) is 5.91 Å². The van der Waals surface area contributed by atoms with Gasteiger partial charge in [0, 0.05) is 16.3 Å². The van der Waals surface area contributed by atoms with E-state index < -0.39 is 0 Å². The largest absolute Gasteiger partial charge is 0.345 e. The van der Waals surface area contributed by atoms with E-state index in [2.05, 4.69) is 41.5 Å². The minimum absolute atomic E-state index is 0.169. The van der Waals surface area contributed by atoms with E-state index >= 15 is 0 Å². The van der Waals surface area contributed by atoms with Gasteiger partial charge in [0.15, 0.2) is 11.0 Å². The van der Waals surface area contributed by atoms with Gasteiger partial charge in [-0.25, -0.2) is 0 Å². The van der Waals surface area contributed by atoms with E-state index in [0.29, 0.717) is 32.3 Å². The van der Waals surface area contributed by atoms with E-state index in [-0.39, 0.29) is 12.5 Å². The topological polar surface area (TPSA) is 59.8 Å². The molecule has 0 atom stereocenters. The molecule has 0 aliphatic carbocycles. The average molecular weight is 540 g/mol. The number of unbranched alkanes of at least 4 members (excludes halogenated alkanes) is 1. The molecule has 1 heterocycles. The van der Waals surface area contributed by atoms with Crippen molar-refractivity contribution in [3.05, 3.63) is 105 Å². The predicted octanol–water partition coefficient (Wildman–Crippen LogP) is 7.45. The quantitative estimate of drug-likeness (QED) is 0.213. The summed E-state index contributed by atoms with van der Waals surface area (Å²) in [4.78, 5) is 12.8. The van der Waals surface area contributed by atoms with Gasteiger partial charge >= 0.3 is 0 Å². The van der Waals surface area contributed by atoms with Crippen LogP contribution in [0.3, 0.4) is 0 Å². The van der Waals surface area contributed by atoms with E-state index in [4.69, 9.17) is 23.2 Å². The van der Waals surface area contributed by atoms with Crippen molar-refractivity contribution in [3.63, 3.8) is 0 Å². The molecule has 0 fully saturated rings. The lowest BCUT2D eigenvalue weighted by molar-refractivity contribution is 0.0949. The van der Waals surface area contributed by atoms with E-state index in [1.807, 2.05) is 41.0 Å². The summed E-state index contributed by atoms with van der Waals surface area (Å²) in [7, 11) is 0. The van der Waals surface area contributed by atoms with Gasteiger partial charge in [-0.1, -0.05) is 84.7 Å². The smallest absolute Gasteiger partial charge is 0.251 e. The minimum Gasteiger partial charge on any atom is -0.345 e. The first kappa shape index (κ1) is 26.3. The molecule has 1 N–H and O–H groups in total. The van der Waals surface area contributed by atoms with Gasteiger partial charge in [0.2, 0.25) is 0 Å². The SMILES string of the molecule is CCCCc1ccc(C(=O)NCc2nnc(SCc3ccccc3C)n2-c2cc(Cl)ccc2Cl)cc1. The van der Waals surface area contributed by atoms with Crippen LogP contribution in [0.4, 0.5) is 0 Å². The van der Waals surface area contributed by atoms with Gasteiger partial charge in [0.1, 0.15) is 0 Å². The molecule has 36 heavy (non-hydrogen) atoms. The van der Waals surface area contributed by atoms with Crippen molar-refractivity contribution in [2.75, 3.05) is 0 Å².